The molecule has 2 amide bonds. The lowest BCUT2D eigenvalue weighted by atomic mass is 9.85. The number of hydrogen-bond acceptors (Lipinski definition) is 10. The van der Waals surface area contributed by atoms with Gasteiger partial charge in [-0.15, -0.1) is 0 Å². The Hall–Kier alpha value is -4.14. The highest BCUT2D eigenvalue weighted by Crippen LogP contribution is 2.58. The molecule has 3 fully saturated rings. The van der Waals surface area contributed by atoms with Crippen molar-refractivity contribution >= 4 is 44.5 Å². The van der Waals surface area contributed by atoms with Gasteiger partial charge in [0.05, 0.1) is 47.0 Å². The highest BCUT2D eigenvalue weighted by atomic mass is 32.2. The number of carbonyl (C=O) groups excluding carboxylic acids is 4. The predicted molar refractivity (Wildman–Crippen MR) is 206 cm³/mol. The molecule has 5 atom stereocenters. The Balaban J connectivity index is 1.23. The SMILES string of the molecule is Cc1nc2ccc(OC(F)F)cc2c2c1O[C@]1(CC2)C[C@H]2C(=O)C[C@]3(C(=O)NS(=O)(=O)C4(C)CC4)C[C@H]3/C=C\CCCCC[C@H](CC(=O)OCC(C)C)C(=O)N2C1. The van der Waals surface area contributed by atoms with E-state index in [2.05, 4.69) is 14.4 Å². The Kier molecular flexibility index (Phi) is 11.2. The summed E-state index contributed by atoms with van der Waals surface area (Å²) in [5.74, 6) is -2.52. The van der Waals surface area contributed by atoms with Crippen LogP contribution in [0.2, 0.25) is 0 Å². The minimum atomic E-state index is -3.98. The molecule has 310 valence electrons. The minimum Gasteiger partial charge on any atom is -0.483 e. The van der Waals surface area contributed by atoms with Crippen LogP contribution >= 0.6 is 0 Å². The fourth-order valence-corrected chi connectivity index (χ4v) is 10.2. The van der Waals surface area contributed by atoms with Gasteiger partial charge in [0.2, 0.25) is 21.8 Å². The number of allylic oxidation sites excluding steroid dienone is 2. The smallest absolute Gasteiger partial charge is 0.387 e. The molecule has 1 aromatic carbocycles. The van der Waals surface area contributed by atoms with Crippen molar-refractivity contribution in [2.75, 3.05) is 13.2 Å². The van der Waals surface area contributed by atoms with E-state index in [4.69, 9.17) is 9.47 Å². The second-order valence-electron chi connectivity index (χ2n) is 17.6. The number of fused-ring (bicyclic) bond motifs is 5. The summed E-state index contributed by atoms with van der Waals surface area (Å²) in [6.07, 6.45) is 8.96. The van der Waals surface area contributed by atoms with Gasteiger partial charge in [0.15, 0.2) is 5.78 Å². The molecule has 1 spiro atoms. The number of benzene rings is 1. The molecule has 2 aromatic rings. The number of sulfonamides is 1. The van der Waals surface area contributed by atoms with Crippen LogP contribution in [0.5, 0.6) is 11.5 Å². The number of Topliss-reactive ketones (excluding diaryl/α,β-unsaturated/α-hetero) is 1. The maximum absolute atomic E-state index is 14.8. The number of rotatable bonds is 9. The number of nitrogens with one attached hydrogen (secondary N) is 1. The van der Waals surface area contributed by atoms with Crippen LogP contribution in [-0.4, -0.2) is 78.0 Å². The van der Waals surface area contributed by atoms with Crippen molar-refractivity contribution in [3.63, 3.8) is 0 Å². The number of carbonyl (C=O) groups is 4. The zero-order valence-electron chi connectivity index (χ0n) is 33.1. The highest BCUT2D eigenvalue weighted by Gasteiger charge is 2.63. The van der Waals surface area contributed by atoms with Crippen molar-refractivity contribution in [1.29, 1.82) is 0 Å². The van der Waals surface area contributed by atoms with Crippen molar-refractivity contribution in [3.8, 4) is 11.5 Å². The molecule has 1 N–H and O–H groups in total. The predicted octanol–water partition coefficient (Wildman–Crippen LogP) is 6.50. The minimum absolute atomic E-state index is 0.0169. The Morgan fingerprint density at radius 1 is 1.11 bits per heavy atom. The van der Waals surface area contributed by atoms with E-state index in [1.54, 1.807) is 19.9 Å². The maximum atomic E-state index is 14.8. The van der Waals surface area contributed by atoms with Crippen molar-refractivity contribution < 1.29 is 50.6 Å². The number of hydrogen-bond donors (Lipinski definition) is 1. The molecule has 3 aliphatic heterocycles. The molecule has 1 aromatic heterocycles. The van der Waals surface area contributed by atoms with Gasteiger partial charge in [0, 0.05) is 29.7 Å². The number of esters is 1. The zero-order valence-corrected chi connectivity index (χ0v) is 33.9. The molecule has 12 nitrogen and oxygen atoms in total. The Morgan fingerprint density at radius 2 is 1.88 bits per heavy atom. The van der Waals surface area contributed by atoms with Crippen LogP contribution in [0, 0.1) is 30.1 Å². The lowest BCUT2D eigenvalue weighted by Gasteiger charge is -2.36. The van der Waals surface area contributed by atoms with Crippen molar-refractivity contribution in [2.24, 2.45) is 23.2 Å². The number of nitrogens with zero attached hydrogens (tertiary/aromatic N) is 2. The molecule has 7 rings (SSSR count). The van der Waals surface area contributed by atoms with Gasteiger partial charge in [0.1, 0.15) is 17.1 Å². The number of alkyl halides is 2. The van der Waals surface area contributed by atoms with Gasteiger partial charge in [-0.3, -0.25) is 23.9 Å². The van der Waals surface area contributed by atoms with Crippen LogP contribution in [0.4, 0.5) is 8.78 Å². The first kappa shape index (κ1) is 41.0. The third kappa shape index (κ3) is 8.40. The molecule has 1 saturated heterocycles. The van der Waals surface area contributed by atoms with E-state index in [0.29, 0.717) is 73.7 Å². The van der Waals surface area contributed by atoms with Gasteiger partial charge in [-0.25, -0.2) is 13.4 Å². The topological polar surface area (TPSA) is 158 Å². The van der Waals surface area contributed by atoms with Gasteiger partial charge in [-0.05, 0) is 95.2 Å². The second-order valence-corrected chi connectivity index (χ2v) is 19.8. The van der Waals surface area contributed by atoms with Gasteiger partial charge in [0.25, 0.3) is 0 Å². The number of ether oxygens (including phenoxy) is 3. The summed E-state index contributed by atoms with van der Waals surface area (Å²) in [4.78, 5) is 62.9. The molecule has 2 aliphatic carbocycles. The quantitative estimate of drug-likeness (QED) is 0.219. The maximum Gasteiger partial charge on any atom is 0.387 e. The molecule has 2 saturated carbocycles. The molecule has 4 heterocycles. The first-order valence-corrected chi connectivity index (χ1v) is 21.7. The van der Waals surface area contributed by atoms with E-state index >= 15 is 0 Å². The largest absolute Gasteiger partial charge is 0.483 e. The molecule has 0 bridgehead atoms. The third-order valence-corrected chi connectivity index (χ3v) is 14.8. The number of aromatic nitrogens is 1. The second kappa shape index (κ2) is 15.6. The summed E-state index contributed by atoms with van der Waals surface area (Å²) in [5.41, 5.74) is -0.450. The lowest BCUT2D eigenvalue weighted by molar-refractivity contribution is -0.151. The average Bonchev–Trinajstić information content (AvgIpc) is 4.04. The van der Waals surface area contributed by atoms with Crippen molar-refractivity contribution in [1.82, 2.24) is 14.6 Å². The van der Waals surface area contributed by atoms with Crippen LogP contribution < -0.4 is 14.2 Å². The zero-order chi connectivity index (χ0) is 40.9. The van der Waals surface area contributed by atoms with Gasteiger partial charge in [-0.1, -0.05) is 38.8 Å². The van der Waals surface area contributed by atoms with Crippen molar-refractivity contribution in [2.45, 2.75) is 134 Å². The molecule has 0 unspecified atom stereocenters. The highest BCUT2D eigenvalue weighted by molar-refractivity contribution is 7.91. The number of aryl methyl sites for hydroxylation is 2. The van der Waals surface area contributed by atoms with E-state index < -0.39 is 56.2 Å². The summed E-state index contributed by atoms with van der Waals surface area (Å²) in [6.45, 7) is 4.47. The van der Waals surface area contributed by atoms with Crippen molar-refractivity contribution in [3.05, 3.63) is 41.6 Å². The molecule has 57 heavy (non-hydrogen) atoms. The number of ketones is 1. The fourth-order valence-electron chi connectivity index (χ4n) is 8.84. The first-order valence-electron chi connectivity index (χ1n) is 20.2. The normalized spacial score (nSPS) is 29.1. The van der Waals surface area contributed by atoms with E-state index in [1.165, 1.54) is 17.0 Å². The van der Waals surface area contributed by atoms with Gasteiger partial charge in [-0.2, -0.15) is 8.78 Å². The molecule has 15 heteroatoms. The van der Waals surface area contributed by atoms with E-state index in [-0.39, 0.29) is 61.7 Å². The van der Waals surface area contributed by atoms with Gasteiger partial charge < -0.3 is 19.1 Å². The van der Waals surface area contributed by atoms with E-state index in [0.717, 1.165) is 18.4 Å². The fraction of sp³-hybridized carbons (Fsp3) is 0.643. The standard InChI is InChI=1S/C42H53F2N3O9S/c1-25(2)23-54-35(49)18-27-10-8-6-5-7-9-11-28-20-42(28,38(51)46-57(52,53)40(4)16-17-40)22-34(48)33-21-41(24-47(33)37(27)50)15-14-30-31-19-29(55-39(43)44)12-13-32(31)45-26(3)36(30)56-41/h9,11-13,19,25,27-28,33,39H,5-8,10,14-18,20-24H2,1-4H3,(H,46,51)/b11-9-/t27-,28-,33+,41-,42-/m1/s1. The van der Waals surface area contributed by atoms with Crippen LogP contribution in [-0.2, 0) is 40.4 Å². The van der Waals surface area contributed by atoms with Crippen LogP contribution in [0.25, 0.3) is 10.9 Å². The van der Waals surface area contributed by atoms with Crippen LogP contribution in [0.1, 0.15) is 109 Å². The Labute approximate surface area is 332 Å². The molecule has 0 radical (unpaired) electrons. The van der Waals surface area contributed by atoms with E-state index in [9.17, 15) is 36.4 Å². The average molecular weight is 814 g/mol. The van der Waals surface area contributed by atoms with Gasteiger partial charge >= 0.3 is 12.6 Å². The summed E-state index contributed by atoms with van der Waals surface area (Å²) < 4.78 is 71.0. The summed E-state index contributed by atoms with van der Waals surface area (Å²) >= 11 is 0. The Bertz CT molecular complexity index is 2090. The number of halogens is 2. The Morgan fingerprint density at radius 3 is 2.60 bits per heavy atom. The third-order valence-electron chi connectivity index (χ3n) is 12.7. The molecular formula is C42H53F2N3O9S. The summed E-state index contributed by atoms with van der Waals surface area (Å²) in [7, 11) is -3.98. The number of amides is 2. The number of pyridine rings is 1. The molecular weight excluding hydrogens is 761 g/mol. The first-order chi connectivity index (χ1) is 26.9. The molecule has 5 aliphatic rings. The van der Waals surface area contributed by atoms with Crippen LogP contribution in [0.15, 0.2) is 30.4 Å². The summed E-state index contributed by atoms with van der Waals surface area (Å²) in [5, 5.41) is 0.597. The van der Waals surface area contributed by atoms with E-state index in [1.807, 2.05) is 26.0 Å². The monoisotopic (exact) mass is 813 g/mol. The van der Waals surface area contributed by atoms with Crippen LogP contribution in [0.3, 0.4) is 0 Å². The summed E-state index contributed by atoms with van der Waals surface area (Å²) in [6, 6.07) is 3.54. The lowest BCUT2D eigenvalue weighted by Crippen LogP contribution is -2.48.